The van der Waals surface area contributed by atoms with Crippen molar-refractivity contribution >= 4 is 11.6 Å². The van der Waals surface area contributed by atoms with Gasteiger partial charge in [-0.05, 0) is 18.1 Å². The van der Waals surface area contributed by atoms with Crippen molar-refractivity contribution in [3.8, 4) is 0 Å². The summed E-state index contributed by atoms with van der Waals surface area (Å²) in [6, 6.07) is 5.31. The largest absolute Gasteiger partial charge is 0.454 e. The zero-order valence-electron chi connectivity index (χ0n) is 14.5. The Bertz CT molecular complexity index is 937. The van der Waals surface area contributed by atoms with Crippen molar-refractivity contribution in [1.29, 1.82) is 0 Å². The second-order valence-electron chi connectivity index (χ2n) is 6.24. The molecule has 0 bridgehead atoms. The molecule has 0 saturated carbocycles. The Morgan fingerprint density at radius 3 is 2.72 bits per heavy atom. The van der Waals surface area contributed by atoms with Gasteiger partial charge in [0.25, 0.3) is 0 Å². The van der Waals surface area contributed by atoms with Crippen LogP contribution in [0.15, 0.2) is 41.6 Å². The van der Waals surface area contributed by atoms with Gasteiger partial charge in [-0.15, -0.1) is 5.10 Å². The molecule has 3 aromatic rings. The molecule has 0 aliphatic rings. The van der Waals surface area contributed by atoms with E-state index in [9.17, 15) is 9.59 Å². The summed E-state index contributed by atoms with van der Waals surface area (Å²) in [4.78, 5) is 28.7. The average molecular weight is 343 g/mol. The van der Waals surface area contributed by atoms with Gasteiger partial charge in [-0.1, -0.05) is 19.9 Å². The van der Waals surface area contributed by atoms with Crippen LogP contribution >= 0.6 is 0 Å². The van der Waals surface area contributed by atoms with E-state index in [4.69, 9.17) is 4.74 Å². The van der Waals surface area contributed by atoms with Crippen molar-refractivity contribution in [2.75, 3.05) is 0 Å². The Hall–Kier alpha value is -2.90. The molecule has 3 rings (SSSR count). The third kappa shape index (κ3) is 3.47. The molecule has 0 spiro atoms. The highest BCUT2D eigenvalue weighted by Gasteiger charge is 2.24. The predicted octanol–water partition coefficient (Wildman–Crippen LogP) is 1.56. The standard InChI is InChI=1S/C17H21N5O3/c1-12(2)15(16-18-8-11-20(16)3)25-14(23)7-10-22-17(24)21-9-5-4-6-13(21)19-22/h4-6,8-9,11-12,15H,7,10H2,1-3H3. The van der Waals surface area contributed by atoms with Crippen molar-refractivity contribution in [2.45, 2.75) is 32.9 Å². The molecule has 1 unspecified atom stereocenters. The minimum absolute atomic E-state index is 0.0669. The third-order valence-corrected chi connectivity index (χ3v) is 3.99. The first-order valence-electron chi connectivity index (χ1n) is 8.18. The maximum atomic E-state index is 12.3. The van der Waals surface area contributed by atoms with Crippen molar-refractivity contribution in [1.82, 2.24) is 23.7 Å². The van der Waals surface area contributed by atoms with E-state index in [0.717, 1.165) is 0 Å². The Morgan fingerprint density at radius 2 is 2.08 bits per heavy atom. The van der Waals surface area contributed by atoms with Crippen LogP contribution in [0.1, 0.15) is 32.2 Å². The second-order valence-corrected chi connectivity index (χ2v) is 6.24. The lowest BCUT2D eigenvalue weighted by Gasteiger charge is -2.21. The van der Waals surface area contributed by atoms with Gasteiger partial charge < -0.3 is 9.30 Å². The monoisotopic (exact) mass is 343 g/mol. The second kappa shape index (κ2) is 6.92. The lowest BCUT2D eigenvalue weighted by Crippen LogP contribution is -2.24. The fourth-order valence-corrected chi connectivity index (χ4v) is 2.65. The van der Waals surface area contributed by atoms with E-state index in [2.05, 4.69) is 10.1 Å². The summed E-state index contributed by atoms with van der Waals surface area (Å²) in [5.74, 6) is 0.405. The van der Waals surface area contributed by atoms with Crippen molar-refractivity contribution in [2.24, 2.45) is 13.0 Å². The number of fused-ring (bicyclic) bond motifs is 1. The highest BCUT2D eigenvalue weighted by atomic mass is 16.5. The molecular weight excluding hydrogens is 322 g/mol. The normalized spacial score (nSPS) is 12.6. The van der Waals surface area contributed by atoms with Crippen LogP contribution in [-0.4, -0.2) is 29.7 Å². The number of hydrogen-bond donors (Lipinski definition) is 0. The van der Waals surface area contributed by atoms with Gasteiger partial charge in [0.15, 0.2) is 11.8 Å². The van der Waals surface area contributed by atoms with Crippen LogP contribution in [0.2, 0.25) is 0 Å². The third-order valence-electron chi connectivity index (χ3n) is 3.99. The molecule has 0 aliphatic heterocycles. The molecule has 3 aromatic heterocycles. The number of imidazole rings is 1. The number of aryl methyl sites for hydroxylation is 2. The van der Waals surface area contributed by atoms with E-state index in [0.29, 0.717) is 11.5 Å². The first kappa shape index (κ1) is 16.9. The smallest absolute Gasteiger partial charge is 0.350 e. The van der Waals surface area contributed by atoms with E-state index in [-0.39, 0.29) is 30.5 Å². The summed E-state index contributed by atoms with van der Waals surface area (Å²) in [5, 5.41) is 4.21. The summed E-state index contributed by atoms with van der Waals surface area (Å²) >= 11 is 0. The number of nitrogens with zero attached hydrogens (tertiary/aromatic N) is 5. The number of carbonyl (C=O) groups is 1. The Balaban J connectivity index is 1.68. The number of rotatable bonds is 6. The molecule has 0 aromatic carbocycles. The quantitative estimate of drug-likeness (QED) is 0.634. The molecule has 0 N–H and O–H groups in total. The average Bonchev–Trinajstić information content (AvgIpc) is 3.14. The van der Waals surface area contributed by atoms with Crippen LogP contribution in [0.3, 0.4) is 0 Å². The maximum absolute atomic E-state index is 12.3. The van der Waals surface area contributed by atoms with Gasteiger partial charge in [0.1, 0.15) is 5.82 Å². The number of carbonyl (C=O) groups excluding carboxylic acids is 1. The van der Waals surface area contributed by atoms with Gasteiger partial charge in [-0.25, -0.2) is 14.5 Å². The minimum atomic E-state index is -0.426. The molecule has 0 saturated heterocycles. The topological polar surface area (TPSA) is 83.4 Å². The fourth-order valence-electron chi connectivity index (χ4n) is 2.65. The zero-order valence-corrected chi connectivity index (χ0v) is 14.5. The Labute approximate surface area is 144 Å². The van der Waals surface area contributed by atoms with Crippen molar-refractivity contribution in [3.63, 3.8) is 0 Å². The number of esters is 1. The molecule has 1 atom stereocenters. The van der Waals surface area contributed by atoms with Crippen LogP contribution in [0.25, 0.3) is 5.65 Å². The molecule has 0 radical (unpaired) electrons. The van der Waals surface area contributed by atoms with Crippen LogP contribution in [0, 0.1) is 5.92 Å². The summed E-state index contributed by atoms with van der Waals surface area (Å²) in [7, 11) is 1.86. The van der Waals surface area contributed by atoms with Crippen LogP contribution in [0.4, 0.5) is 0 Å². The van der Waals surface area contributed by atoms with Gasteiger partial charge in [0.2, 0.25) is 0 Å². The highest BCUT2D eigenvalue weighted by Crippen LogP contribution is 2.24. The van der Waals surface area contributed by atoms with Crippen molar-refractivity contribution in [3.05, 3.63) is 53.1 Å². The van der Waals surface area contributed by atoms with Gasteiger partial charge in [0, 0.05) is 25.6 Å². The number of aromatic nitrogens is 5. The number of hydrogen-bond acceptors (Lipinski definition) is 5. The van der Waals surface area contributed by atoms with Crippen molar-refractivity contribution < 1.29 is 9.53 Å². The lowest BCUT2D eigenvalue weighted by molar-refractivity contribution is -0.152. The lowest BCUT2D eigenvalue weighted by atomic mass is 10.1. The molecule has 25 heavy (non-hydrogen) atoms. The zero-order chi connectivity index (χ0) is 18.0. The minimum Gasteiger partial charge on any atom is -0.454 e. The van der Waals surface area contributed by atoms with E-state index in [1.54, 1.807) is 30.6 Å². The van der Waals surface area contributed by atoms with E-state index >= 15 is 0 Å². The fraction of sp³-hybridized carbons (Fsp3) is 0.412. The van der Waals surface area contributed by atoms with Gasteiger partial charge in [0.05, 0.1) is 13.0 Å². The van der Waals surface area contributed by atoms with E-state index in [1.165, 1.54) is 9.08 Å². The molecule has 3 heterocycles. The molecule has 0 fully saturated rings. The predicted molar refractivity (Wildman–Crippen MR) is 90.9 cm³/mol. The first-order valence-corrected chi connectivity index (χ1v) is 8.18. The molecule has 132 valence electrons. The molecular formula is C17H21N5O3. The first-order chi connectivity index (χ1) is 12.0. The molecule has 0 amide bonds. The Kier molecular flexibility index (Phi) is 4.69. The van der Waals surface area contributed by atoms with Gasteiger partial charge in [-0.2, -0.15) is 0 Å². The summed E-state index contributed by atoms with van der Waals surface area (Å²) in [6.07, 6.45) is 4.78. The summed E-state index contributed by atoms with van der Waals surface area (Å²) < 4.78 is 10.2. The maximum Gasteiger partial charge on any atom is 0.350 e. The number of ether oxygens (including phenoxy) is 1. The Morgan fingerprint density at radius 1 is 1.28 bits per heavy atom. The highest BCUT2D eigenvalue weighted by molar-refractivity contribution is 5.69. The summed E-state index contributed by atoms with van der Waals surface area (Å²) in [6.45, 7) is 4.11. The van der Waals surface area contributed by atoms with Crippen LogP contribution < -0.4 is 5.69 Å². The molecule has 0 aliphatic carbocycles. The summed E-state index contributed by atoms with van der Waals surface area (Å²) in [5.41, 5.74) is 0.279. The van der Waals surface area contributed by atoms with E-state index in [1.807, 2.05) is 31.7 Å². The van der Waals surface area contributed by atoms with E-state index < -0.39 is 6.10 Å². The van der Waals surface area contributed by atoms with Crippen LogP contribution in [-0.2, 0) is 23.1 Å². The molecule has 8 nitrogen and oxygen atoms in total. The number of pyridine rings is 1. The van der Waals surface area contributed by atoms with Gasteiger partial charge >= 0.3 is 11.7 Å². The van der Waals surface area contributed by atoms with Gasteiger partial charge in [-0.3, -0.25) is 9.20 Å². The molecule has 8 heteroatoms. The SMILES string of the molecule is CC(C)C(OC(=O)CCn1nc2ccccn2c1=O)c1nccn1C. The van der Waals surface area contributed by atoms with Crippen LogP contribution in [0.5, 0.6) is 0 Å².